The maximum Gasteiger partial charge on any atom is 0.0822 e. The highest BCUT2D eigenvalue weighted by Crippen LogP contribution is 2.43. The molecule has 1 saturated carbocycles. The summed E-state index contributed by atoms with van der Waals surface area (Å²) in [6.07, 6.45) is 4.42. The molecule has 2 heteroatoms. The molecule has 0 saturated heterocycles. The second-order valence-corrected chi connectivity index (χ2v) is 5.52. The fraction of sp³-hybridized carbons (Fsp3) is 0.533. The molecule has 1 aromatic carbocycles. The molecule has 2 nitrogen and oxygen atoms in total. The van der Waals surface area contributed by atoms with Crippen molar-refractivity contribution in [1.82, 2.24) is 4.90 Å². The maximum atomic E-state index is 9.38. The molecule has 2 aliphatic rings. The van der Waals surface area contributed by atoms with E-state index in [0.717, 1.165) is 32.4 Å². The van der Waals surface area contributed by atoms with Gasteiger partial charge in [0.2, 0.25) is 0 Å². The van der Waals surface area contributed by atoms with E-state index in [2.05, 4.69) is 36.2 Å². The van der Waals surface area contributed by atoms with Crippen molar-refractivity contribution in [3.05, 3.63) is 34.9 Å². The van der Waals surface area contributed by atoms with Crippen LogP contribution in [0, 0.1) is 11.3 Å². The molecule has 0 unspecified atom stereocenters. The van der Waals surface area contributed by atoms with E-state index < -0.39 is 0 Å². The van der Waals surface area contributed by atoms with E-state index in [9.17, 15) is 5.26 Å². The van der Waals surface area contributed by atoms with E-state index in [4.69, 9.17) is 0 Å². The molecular weight excluding hydrogens is 208 g/mol. The van der Waals surface area contributed by atoms with Gasteiger partial charge in [0.1, 0.15) is 0 Å². The third-order valence-corrected chi connectivity index (χ3v) is 4.38. The predicted octanol–water partition coefficient (Wildman–Crippen LogP) is 2.62. The maximum absolute atomic E-state index is 9.38. The Balaban J connectivity index is 1.97. The van der Waals surface area contributed by atoms with Gasteiger partial charge in [0.25, 0.3) is 0 Å². The molecule has 3 rings (SSSR count). The Hall–Kier alpha value is -1.33. The van der Waals surface area contributed by atoms with Crippen LogP contribution in [0.15, 0.2) is 18.2 Å². The van der Waals surface area contributed by atoms with E-state index in [-0.39, 0.29) is 5.41 Å². The minimum absolute atomic E-state index is 0.154. The number of hydrogen-bond acceptors (Lipinski definition) is 2. The van der Waals surface area contributed by atoms with Gasteiger partial charge in [-0.15, -0.1) is 0 Å². The van der Waals surface area contributed by atoms with Gasteiger partial charge in [-0.2, -0.15) is 5.26 Å². The molecule has 0 atom stereocenters. The lowest BCUT2D eigenvalue weighted by atomic mass is 9.65. The van der Waals surface area contributed by atoms with E-state index in [0.29, 0.717) is 0 Å². The molecule has 0 bridgehead atoms. The fourth-order valence-corrected chi connectivity index (χ4v) is 2.99. The highest BCUT2D eigenvalue weighted by molar-refractivity contribution is 5.42. The summed E-state index contributed by atoms with van der Waals surface area (Å²) in [4.78, 5) is 2.35. The SMILES string of the molecule is CN1CCc2cc(C3(C#N)CCC3)ccc2C1. The van der Waals surface area contributed by atoms with Crippen molar-refractivity contribution >= 4 is 0 Å². The quantitative estimate of drug-likeness (QED) is 0.736. The average Bonchev–Trinajstić information content (AvgIpc) is 2.28. The summed E-state index contributed by atoms with van der Waals surface area (Å²) in [6, 6.07) is 9.25. The van der Waals surface area contributed by atoms with Crippen LogP contribution in [0.5, 0.6) is 0 Å². The van der Waals surface area contributed by atoms with E-state index in [1.54, 1.807) is 0 Å². The molecule has 0 spiro atoms. The smallest absolute Gasteiger partial charge is 0.0822 e. The number of fused-ring (bicyclic) bond motifs is 1. The summed E-state index contributed by atoms with van der Waals surface area (Å²) >= 11 is 0. The molecule has 0 radical (unpaired) electrons. The number of benzene rings is 1. The molecular formula is C15H18N2. The van der Waals surface area contributed by atoms with Gasteiger partial charge in [0, 0.05) is 13.1 Å². The lowest BCUT2D eigenvalue weighted by Crippen LogP contribution is -2.33. The first kappa shape index (κ1) is 10.8. The Morgan fingerprint density at radius 3 is 2.76 bits per heavy atom. The Morgan fingerprint density at radius 1 is 1.29 bits per heavy atom. The third-order valence-electron chi connectivity index (χ3n) is 4.38. The zero-order valence-electron chi connectivity index (χ0n) is 10.4. The first-order chi connectivity index (χ1) is 8.23. The fourth-order valence-electron chi connectivity index (χ4n) is 2.99. The third kappa shape index (κ3) is 1.66. The highest BCUT2D eigenvalue weighted by atomic mass is 15.1. The van der Waals surface area contributed by atoms with Crippen LogP contribution in [-0.4, -0.2) is 18.5 Å². The van der Waals surface area contributed by atoms with Crippen LogP contribution < -0.4 is 0 Å². The van der Waals surface area contributed by atoms with Crippen molar-refractivity contribution in [3.63, 3.8) is 0 Å². The van der Waals surface area contributed by atoms with Gasteiger partial charge in [0.05, 0.1) is 11.5 Å². The lowest BCUT2D eigenvalue weighted by molar-refractivity contribution is 0.308. The van der Waals surface area contributed by atoms with Crippen LogP contribution in [-0.2, 0) is 18.4 Å². The van der Waals surface area contributed by atoms with Crippen LogP contribution in [0.25, 0.3) is 0 Å². The first-order valence-electron chi connectivity index (χ1n) is 6.46. The van der Waals surface area contributed by atoms with E-state index in [1.807, 2.05) is 0 Å². The standard InChI is InChI=1S/C15H18N2/c1-17-8-5-12-9-14(4-3-13(12)10-17)15(11-16)6-2-7-15/h3-4,9H,2,5-8,10H2,1H3. The van der Waals surface area contributed by atoms with Crippen LogP contribution >= 0.6 is 0 Å². The van der Waals surface area contributed by atoms with Gasteiger partial charge in [-0.3, -0.25) is 0 Å². The van der Waals surface area contributed by atoms with Crippen LogP contribution in [0.1, 0.15) is 36.0 Å². The minimum Gasteiger partial charge on any atom is -0.302 e. The monoisotopic (exact) mass is 226 g/mol. The molecule has 1 aliphatic heterocycles. The van der Waals surface area contributed by atoms with Crippen molar-refractivity contribution < 1.29 is 0 Å². The summed E-state index contributed by atoms with van der Waals surface area (Å²) in [5, 5.41) is 9.38. The first-order valence-corrected chi connectivity index (χ1v) is 6.46. The molecule has 1 heterocycles. The van der Waals surface area contributed by atoms with E-state index >= 15 is 0 Å². The Morgan fingerprint density at radius 2 is 2.12 bits per heavy atom. The van der Waals surface area contributed by atoms with Gasteiger partial charge in [-0.05, 0) is 49.4 Å². The van der Waals surface area contributed by atoms with Crippen molar-refractivity contribution in [3.8, 4) is 6.07 Å². The van der Waals surface area contributed by atoms with E-state index in [1.165, 1.54) is 23.1 Å². The summed E-state index contributed by atoms with van der Waals surface area (Å²) in [5.41, 5.74) is 4.00. The number of hydrogen-bond donors (Lipinski definition) is 0. The van der Waals surface area contributed by atoms with Crippen molar-refractivity contribution in [2.45, 2.75) is 37.6 Å². The highest BCUT2D eigenvalue weighted by Gasteiger charge is 2.39. The van der Waals surface area contributed by atoms with Crippen molar-refractivity contribution in [1.29, 1.82) is 5.26 Å². The van der Waals surface area contributed by atoms with Crippen LogP contribution in [0.3, 0.4) is 0 Å². The van der Waals surface area contributed by atoms with Gasteiger partial charge < -0.3 is 4.90 Å². The topological polar surface area (TPSA) is 27.0 Å². The Kier molecular flexibility index (Phi) is 2.45. The van der Waals surface area contributed by atoms with Gasteiger partial charge >= 0.3 is 0 Å². The molecule has 1 fully saturated rings. The second kappa shape index (κ2) is 3.85. The number of nitrogens with zero attached hydrogens (tertiary/aromatic N) is 2. The summed E-state index contributed by atoms with van der Waals surface area (Å²) < 4.78 is 0. The minimum atomic E-state index is -0.154. The summed E-state index contributed by atoms with van der Waals surface area (Å²) in [7, 11) is 2.17. The Bertz CT molecular complexity index is 480. The number of rotatable bonds is 1. The summed E-state index contributed by atoms with van der Waals surface area (Å²) in [6.45, 7) is 2.19. The normalized spacial score (nSPS) is 22.4. The molecule has 17 heavy (non-hydrogen) atoms. The average molecular weight is 226 g/mol. The molecule has 0 amide bonds. The van der Waals surface area contributed by atoms with Crippen molar-refractivity contribution in [2.24, 2.45) is 0 Å². The van der Waals surface area contributed by atoms with Gasteiger partial charge in [-0.1, -0.05) is 18.2 Å². The molecule has 0 aromatic heterocycles. The Labute approximate surface area is 103 Å². The zero-order chi connectivity index (χ0) is 11.9. The largest absolute Gasteiger partial charge is 0.302 e. The van der Waals surface area contributed by atoms with Crippen LogP contribution in [0.2, 0.25) is 0 Å². The second-order valence-electron chi connectivity index (χ2n) is 5.52. The number of nitriles is 1. The summed E-state index contributed by atoms with van der Waals surface area (Å²) in [5.74, 6) is 0. The molecule has 0 N–H and O–H groups in total. The number of likely N-dealkylation sites (N-methyl/N-ethyl adjacent to an activating group) is 1. The molecule has 1 aromatic rings. The van der Waals surface area contributed by atoms with Crippen LogP contribution in [0.4, 0.5) is 0 Å². The van der Waals surface area contributed by atoms with Gasteiger partial charge in [0.15, 0.2) is 0 Å². The van der Waals surface area contributed by atoms with Gasteiger partial charge in [-0.25, -0.2) is 0 Å². The molecule has 1 aliphatic carbocycles. The predicted molar refractivity (Wildman–Crippen MR) is 67.6 cm³/mol. The van der Waals surface area contributed by atoms with Crippen molar-refractivity contribution in [2.75, 3.05) is 13.6 Å². The zero-order valence-corrected chi connectivity index (χ0v) is 10.4. The lowest BCUT2D eigenvalue weighted by Gasteiger charge is -2.36. The molecule has 88 valence electrons.